The molecule has 186 valence electrons. The highest BCUT2D eigenvalue weighted by atomic mass is 16.5. The molecule has 0 unspecified atom stereocenters. The Kier molecular flexibility index (Phi) is 5.97. The van der Waals surface area contributed by atoms with E-state index in [0.29, 0.717) is 25.5 Å². The summed E-state index contributed by atoms with van der Waals surface area (Å²) in [6, 6.07) is 17.7. The monoisotopic (exact) mass is 483 g/mol. The van der Waals surface area contributed by atoms with Crippen LogP contribution in [0.1, 0.15) is 38.6 Å². The summed E-state index contributed by atoms with van der Waals surface area (Å²) in [5.41, 5.74) is 7.35. The van der Waals surface area contributed by atoms with E-state index in [-0.39, 0.29) is 11.3 Å². The van der Waals surface area contributed by atoms with Crippen molar-refractivity contribution in [3.63, 3.8) is 0 Å². The lowest BCUT2D eigenvalue weighted by Crippen LogP contribution is -2.47. The fraction of sp³-hybridized carbons (Fsp3) is 0.414. The van der Waals surface area contributed by atoms with Gasteiger partial charge in [0.15, 0.2) is 0 Å². The van der Waals surface area contributed by atoms with Gasteiger partial charge in [0.25, 0.3) is 5.91 Å². The highest BCUT2D eigenvalue weighted by Crippen LogP contribution is 2.40. The van der Waals surface area contributed by atoms with Gasteiger partial charge in [-0.05, 0) is 37.2 Å². The maximum Gasteiger partial charge on any atom is 0.274 e. The zero-order valence-corrected chi connectivity index (χ0v) is 21.1. The van der Waals surface area contributed by atoms with E-state index in [0.717, 1.165) is 50.5 Å². The van der Waals surface area contributed by atoms with Crippen LogP contribution >= 0.6 is 0 Å². The second kappa shape index (κ2) is 9.30. The number of amides is 1. The van der Waals surface area contributed by atoms with Gasteiger partial charge >= 0.3 is 0 Å². The van der Waals surface area contributed by atoms with Gasteiger partial charge in [-0.2, -0.15) is 0 Å². The maximum absolute atomic E-state index is 13.0. The van der Waals surface area contributed by atoms with Gasteiger partial charge in [-0.25, -0.2) is 4.98 Å². The molecule has 0 aliphatic carbocycles. The number of ether oxygens (including phenoxy) is 1. The van der Waals surface area contributed by atoms with Gasteiger partial charge in [0.05, 0.1) is 42.8 Å². The van der Waals surface area contributed by atoms with Crippen molar-refractivity contribution in [1.82, 2.24) is 19.8 Å². The molecule has 7 nitrogen and oxygen atoms in total. The van der Waals surface area contributed by atoms with Crippen molar-refractivity contribution in [1.29, 1.82) is 0 Å². The first-order valence-corrected chi connectivity index (χ1v) is 12.8. The van der Waals surface area contributed by atoms with Gasteiger partial charge in [0.1, 0.15) is 5.69 Å². The number of aryl methyl sites for hydroxylation is 1. The van der Waals surface area contributed by atoms with E-state index in [1.807, 2.05) is 4.90 Å². The van der Waals surface area contributed by atoms with Crippen molar-refractivity contribution in [3.05, 3.63) is 88.5 Å². The number of benzene rings is 2. The largest absolute Gasteiger partial charge is 0.379 e. The van der Waals surface area contributed by atoms with Crippen molar-refractivity contribution >= 4 is 11.6 Å². The van der Waals surface area contributed by atoms with Crippen molar-refractivity contribution < 1.29 is 9.53 Å². The molecular formula is C29H33N5O2. The van der Waals surface area contributed by atoms with Gasteiger partial charge in [-0.1, -0.05) is 42.0 Å². The number of carbonyl (C=O) groups is 1. The number of anilines is 1. The Morgan fingerprint density at radius 3 is 2.19 bits per heavy atom. The molecule has 0 spiro atoms. The minimum Gasteiger partial charge on any atom is -0.379 e. The summed E-state index contributed by atoms with van der Waals surface area (Å²) in [6.45, 7) is 8.36. The summed E-state index contributed by atoms with van der Waals surface area (Å²) in [7, 11) is 2.09. The van der Waals surface area contributed by atoms with E-state index < -0.39 is 0 Å². The zero-order chi connectivity index (χ0) is 24.7. The highest BCUT2D eigenvalue weighted by Gasteiger charge is 2.42. The molecule has 0 saturated carbocycles. The smallest absolute Gasteiger partial charge is 0.274 e. The normalized spacial score (nSPS) is 19.5. The lowest BCUT2D eigenvalue weighted by Gasteiger charge is -2.43. The molecule has 0 radical (unpaired) electrons. The van der Waals surface area contributed by atoms with Crippen LogP contribution in [0.4, 0.5) is 5.69 Å². The first-order valence-electron chi connectivity index (χ1n) is 12.8. The van der Waals surface area contributed by atoms with Crippen LogP contribution in [0.5, 0.6) is 0 Å². The summed E-state index contributed by atoms with van der Waals surface area (Å²) in [6.07, 6.45) is 2.49. The quantitative estimate of drug-likeness (QED) is 0.569. The molecule has 1 aromatic heterocycles. The predicted octanol–water partition coefficient (Wildman–Crippen LogP) is 3.05. The summed E-state index contributed by atoms with van der Waals surface area (Å²) in [5, 5.41) is 0. The molecule has 7 heteroatoms. The number of nitrogens with zero attached hydrogens (tertiary/aromatic N) is 5. The number of rotatable bonds is 4. The zero-order valence-electron chi connectivity index (χ0n) is 21.1. The molecule has 6 rings (SSSR count). The Hall–Kier alpha value is -3.29. The van der Waals surface area contributed by atoms with Gasteiger partial charge in [0, 0.05) is 44.8 Å². The fourth-order valence-corrected chi connectivity index (χ4v) is 5.45. The Bertz CT molecular complexity index is 1250. The average Bonchev–Trinajstić information content (AvgIpc) is 2.89. The molecule has 1 amide bonds. The Morgan fingerprint density at radius 2 is 1.56 bits per heavy atom. The first-order chi connectivity index (χ1) is 17.5. The first kappa shape index (κ1) is 23.1. The Balaban J connectivity index is 1.19. The van der Waals surface area contributed by atoms with Gasteiger partial charge in [0.2, 0.25) is 0 Å². The lowest BCUT2D eigenvalue weighted by atomic mass is 9.73. The standard InChI is InChI=1S/C29H33N5O2/c1-21-3-5-22(6-4-21)29(19-36-20-29)23-7-9-24(10-8-23)34-12-11-25-27(18-34)31-26(17-30-25)28(35)33-15-13-32(2)14-16-33/h3-10,17H,11-16,18-20H2,1-2H3. The Labute approximate surface area is 212 Å². The highest BCUT2D eigenvalue weighted by molar-refractivity contribution is 5.92. The molecule has 2 fully saturated rings. The van der Waals surface area contributed by atoms with Crippen LogP contribution in [0, 0.1) is 6.92 Å². The summed E-state index contributed by atoms with van der Waals surface area (Å²) < 4.78 is 5.68. The number of hydrogen-bond donors (Lipinski definition) is 0. The second-order valence-corrected chi connectivity index (χ2v) is 10.4. The third kappa shape index (κ3) is 4.16. The van der Waals surface area contributed by atoms with E-state index in [1.165, 1.54) is 22.4 Å². The number of aromatic nitrogens is 2. The number of fused-ring (bicyclic) bond motifs is 1. The molecule has 0 atom stereocenters. The molecule has 36 heavy (non-hydrogen) atoms. The molecule has 0 bridgehead atoms. The number of likely N-dealkylation sites (N-methyl/N-ethyl adjacent to an activating group) is 1. The van der Waals surface area contributed by atoms with E-state index in [1.54, 1.807) is 6.20 Å². The second-order valence-electron chi connectivity index (χ2n) is 10.4. The lowest BCUT2D eigenvalue weighted by molar-refractivity contribution is -0.0379. The average molecular weight is 484 g/mol. The maximum atomic E-state index is 13.0. The molecule has 0 N–H and O–H groups in total. The third-order valence-electron chi connectivity index (χ3n) is 7.99. The molecule has 3 aliphatic rings. The van der Waals surface area contributed by atoms with Crippen molar-refractivity contribution in [2.75, 3.05) is 57.9 Å². The van der Waals surface area contributed by atoms with Crippen LogP contribution in [0.25, 0.3) is 0 Å². The van der Waals surface area contributed by atoms with Gasteiger partial charge < -0.3 is 19.4 Å². The number of hydrogen-bond acceptors (Lipinski definition) is 6. The predicted molar refractivity (Wildman–Crippen MR) is 139 cm³/mol. The van der Waals surface area contributed by atoms with Crippen molar-refractivity contribution in [3.8, 4) is 0 Å². The van der Waals surface area contributed by atoms with Crippen LogP contribution in [-0.2, 0) is 23.1 Å². The van der Waals surface area contributed by atoms with Crippen LogP contribution < -0.4 is 4.90 Å². The summed E-state index contributed by atoms with van der Waals surface area (Å²) in [5.74, 6) is -0.0102. The van der Waals surface area contributed by atoms with Crippen molar-refractivity contribution in [2.45, 2.75) is 25.3 Å². The topological polar surface area (TPSA) is 61.8 Å². The van der Waals surface area contributed by atoms with Crippen molar-refractivity contribution in [2.24, 2.45) is 0 Å². The van der Waals surface area contributed by atoms with E-state index in [4.69, 9.17) is 9.72 Å². The van der Waals surface area contributed by atoms with Crippen LogP contribution in [0.2, 0.25) is 0 Å². The minimum atomic E-state index is -0.0648. The van der Waals surface area contributed by atoms with Crippen LogP contribution in [0.15, 0.2) is 54.7 Å². The van der Waals surface area contributed by atoms with Crippen LogP contribution in [-0.4, -0.2) is 78.7 Å². The van der Waals surface area contributed by atoms with Gasteiger partial charge in [-0.3, -0.25) is 9.78 Å². The Morgan fingerprint density at radius 1 is 0.889 bits per heavy atom. The van der Waals surface area contributed by atoms with Gasteiger partial charge in [-0.15, -0.1) is 0 Å². The molecule has 4 heterocycles. The molecule has 3 aromatic rings. The summed E-state index contributed by atoms with van der Waals surface area (Å²) in [4.78, 5) is 28.9. The third-order valence-corrected chi connectivity index (χ3v) is 7.99. The molecule has 3 aliphatic heterocycles. The molecule has 2 aromatic carbocycles. The fourth-order valence-electron chi connectivity index (χ4n) is 5.45. The van der Waals surface area contributed by atoms with Crippen LogP contribution in [0.3, 0.4) is 0 Å². The van der Waals surface area contributed by atoms with E-state index in [9.17, 15) is 4.79 Å². The molecule has 2 saturated heterocycles. The SMILES string of the molecule is Cc1ccc(C2(c3ccc(N4CCc5ncc(C(=O)N6CCN(C)CC6)nc5C4)cc3)COC2)cc1. The minimum absolute atomic E-state index is 0.0102. The number of piperazine rings is 1. The van der Waals surface area contributed by atoms with E-state index >= 15 is 0 Å². The summed E-state index contributed by atoms with van der Waals surface area (Å²) >= 11 is 0. The molecular weight excluding hydrogens is 450 g/mol. The van der Waals surface area contributed by atoms with E-state index in [2.05, 4.69) is 77.3 Å². The number of carbonyl (C=O) groups excluding carboxylic acids is 1.